The minimum absolute atomic E-state index is 0.0552. The number of aromatic nitrogens is 3. The lowest BCUT2D eigenvalue weighted by Gasteiger charge is -2.32. The molecular formula is C30H39N7O5. The maximum absolute atomic E-state index is 13.6. The second kappa shape index (κ2) is 15.0. The highest BCUT2D eigenvalue weighted by atomic mass is 16.5. The van der Waals surface area contributed by atoms with E-state index in [1.54, 1.807) is 4.90 Å². The highest BCUT2D eigenvalue weighted by Gasteiger charge is 2.36. The fraction of sp³-hybridized carbons (Fsp3) is 0.433. The molecule has 0 saturated carbocycles. The van der Waals surface area contributed by atoms with Gasteiger partial charge in [-0.1, -0.05) is 79.7 Å². The van der Waals surface area contributed by atoms with Crippen molar-refractivity contribution in [3.63, 3.8) is 0 Å². The van der Waals surface area contributed by atoms with E-state index in [2.05, 4.69) is 31.4 Å². The van der Waals surface area contributed by atoms with Gasteiger partial charge in [0.15, 0.2) is 0 Å². The molecule has 1 fully saturated rings. The first-order chi connectivity index (χ1) is 20.3. The van der Waals surface area contributed by atoms with E-state index in [9.17, 15) is 19.5 Å². The number of hydrogen-bond acceptors (Lipinski definition) is 7. The lowest BCUT2D eigenvalue weighted by Crippen LogP contribution is -2.55. The average molecular weight is 578 g/mol. The van der Waals surface area contributed by atoms with Crippen molar-refractivity contribution in [2.24, 2.45) is 5.92 Å². The van der Waals surface area contributed by atoms with Gasteiger partial charge in [0.25, 0.3) is 0 Å². The minimum atomic E-state index is -1.03. The fourth-order valence-corrected chi connectivity index (χ4v) is 5.17. The Kier molecular flexibility index (Phi) is 10.9. The zero-order chi connectivity index (χ0) is 29.9. The molecule has 4 atom stereocenters. The van der Waals surface area contributed by atoms with Gasteiger partial charge in [0.05, 0.1) is 24.0 Å². The third kappa shape index (κ3) is 8.77. The number of aromatic amines is 1. The number of H-pyrrole nitrogens is 1. The first kappa shape index (κ1) is 30.5. The van der Waals surface area contributed by atoms with E-state index < -0.39 is 30.3 Å². The van der Waals surface area contributed by atoms with Gasteiger partial charge in [-0.3, -0.25) is 9.89 Å². The van der Waals surface area contributed by atoms with Crippen LogP contribution in [0, 0.1) is 5.92 Å². The van der Waals surface area contributed by atoms with Crippen molar-refractivity contribution in [2.75, 3.05) is 13.1 Å². The number of benzene rings is 2. The van der Waals surface area contributed by atoms with Crippen molar-refractivity contribution >= 4 is 18.0 Å². The van der Waals surface area contributed by atoms with Crippen LogP contribution in [0.2, 0.25) is 0 Å². The average Bonchev–Trinajstić information content (AvgIpc) is 3.64. The highest BCUT2D eigenvalue weighted by molar-refractivity contribution is 5.88. The number of carbonyl (C=O) groups excluding carboxylic acids is 3. The van der Waals surface area contributed by atoms with E-state index in [0.717, 1.165) is 11.1 Å². The third-order valence-electron chi connectivity index (χ3n) is 7.21. The summed E-state index contributed by atoms with van der Waals surface area (Å²) in [5, 5.41) is 30.1. The summed E-state index contributed by atoms with van der Waals surface area (Å²) >= 11 is 0. The number of amides is 4. The topological polar surface area (TPSA) is 162 Å². The monoisotopic (exact) mass is 577 g/mol. The van der Waals surface area contributed by atoms with E-state index in [0.29, 0.717) is 31.6 Å². The number of aliphatic hydroxyl groups is 1. The second-order valence-corrected chi connectivity index (χ2v) is 10.8. The molecule has 1 aliphatic heterocycles. The van der Waals surface area contributed by atoms with Gasteiger partial charge in [0.1, 0.15) is 12.6 Å². The first-order valence-electron chi connectivity index (χ1n) is 14.2. The van der Waals surface area contributed by atoms with Crippen molar-refractivity contribution in [1.82, 2.24) is 36.3 Å². The van der Waals surface area contributed by atoms with Crippen LogP contribution in [0.15, 0.2) is 66.9 Å². The van der Waals surface area contributed by atoms with Crippen LogP contribution in [0.1, 0.15) is 37.1 Å². The Balaban J connectivity index is 1.50. The summed E-state index contributed by atoms with van der Waals surface area (Å²) in [5.41, 5.74) is 2.43. The van der Waals surface area contributed by atoms with E-state index in [-0.39, 0.29) is 30.9 Å². The molecule has 12 nitrogen and oxygen atoms in total. The zero-order valence-corrected chi connectivity index (χ0v) is 23.9. The fourth-order valence-electron chi connectivity index (χ4n) is 5.17. The molecule has 3 aromatic rings. The Hall–Kier alpha value is -4.45. The van der Waals surface area contributed by atoms with Gasteiger partial charge in [-0.25, -0.2) is 9.59 Å². The van der Waals surface area contributed by atoms with Gasteiger partial charge >= 0.3 is 12.1 Å². The molecular weight excluding hydrogens is 538 g/mol. The molecule has 42 heavy (non-hydrogen) atoms. The second-order valence-electron chi connectivity index (χ2n) is 10.8. The van der Waals surface area contributed by atoms with Crippen LogP contribution in [0.5, 0.6) is 0 Å². The van der Waals surface area contributed by atoms with Crippen molar-refractivity contribution < 1.29 is 24.2 Å². The Labute approximate surface area is 245 Å². The van der Waals surface area contributed by atoms with E-state index in [1.807, 2.05) is 74.5 Å². The number of carbonyl (C=O) groups is 3. The number of hydrogen-bond donors (Lipinski definition) is 5. The summed E-state index contributed by atoms with van der Waals surface area (Å²) in [6.45, 7) is 4.69. The largest absolute Gasteiger partial charge is 0.443 e. The zero-order valence-electron chi connectivity index (χ0n) is 23.9. The number of ether oxygens (including phenoxy) is 1. The van der Waals surface area contributed by atoms with Crippen molar-refractivity contribution in [1.29, 1.82) is 0 Å². The minimum Gasteiger partial charge on any atom is -0.443 e. The molecule has 1 saturated heterocycles. The van der Waals surface area contributed by atoms with Crippen LogP contribution >= 0.6 is 0 Å². The third-order valence-corrected chi connectivity index (χ3v) is 7.21. The van der Waals surface area contributed by atoms with Crippen molar-refractivity contribution in [2.45, 2.75) is 63.9 Å². The molecule has 0 bridgehead atoms. The summed E-state index contributed by atoms with van der Waals surface area (Å²) in [6, 6.07) is 17.1. The van der Waals surface area contributed by atoms with Gasteiger partial charge in [-0.2, -0.15) is 0 Å². The standard InChI is InChI=1S/C30H39N7O5/c1-20(2)27(37-14-13-31-29(37)40)28(39)33-23(15-21-9-5-3-6-10-21)17-26(38)25(16-22-11-7-4-8-12-22)34-30(41)42-19-24-18-32-36-35-24/h3-12,18,20,23,25-27,38H,13-17,19H2,1-2H3,(H,31,40)(H,33,39)(H,34,41)(H,32,35,36)/t23-,25-,26-,27-/m0/s1. The Bertz CT molecular complexity index is 1270. The number of nitrogens with one attached hydrogen (secondary N) is 4. The SMILES string of the molecule is CC(C)[C@@H](C(=O)N[C@@H](Cc1ccccc1)C[C@H](O)[C@H](Cc1ccccc1)NC(=O)OCc1cnn[nH]1)N1CCNC1=O. The maximum atomic E-state index is 13.6. The van der Waals surface area contributed by atoms with Gasteiger partial charge in [0, 0.05) is 19.1 Å². The Morgan fingerprint density at radius 2 is 1.69 bits per heavy atom. The normalized spacial score (nSPS) is 15.9. The summed E-state index contributed by atoms with van der Waals surface area (Å²) in [7, 11) is 0. The van der Waals surface area contributed by atoms with Crippen LogP contribution in [-0.4, -0.2) is 80.8 Å². The summed E-state index contributed by atoms with van der Waals surface area (Å²) in [4.78, 5) is 40.3. The highest BCUT2D eigenvalue weighted by Crippen LogP contribution is 2.18. The van der Waals surface area contributed by atoms with E-state index in [4.69, 9.17) is 4.74 Å². The van der Waals surface area contributed by atoms with E-state index in [1.165, 1.54) is 6.20 Å². The number of rotatable bonds is 14. The molecule has 1 aromatic heterocycles. The molecule has 4 rings (SSSR count). The predicted octanol–water partition coefficient (Wildman–Crippen LogP) is 2.17. The predicted molar refractivity (Wildman–Crippen MR) is 155 cm³/mol. The smallest absolute Gasteiger partial charge is 0.407 e. The van der Waals surface area contributed by atoms with Gasteiger partial charge in [-0.15, -0.1) is 5.10 Å². The van der Waals surface area contributed by atoms with Crippen molar-refractivity contribution in [3.8, 4) is 0 Å². The Morgan fingerprint density at radius 1 is 1.02 bits per heavy atom. The number of urea groups is 1. The molecule has 5 N–H and O–H groups in total. The molecule has 2 heterocycles. The number of aliphatic hydroxyl groups excluding tert-OH is 1. The van der Waals surface area contributed by atoms with Crippen LogP contribution in [0.3, 0.4) is 0 Å². The molecule has 1 aliphatic rings. The van der Waals surface area contributed by atoms with Gasteiger partial charge in [0.2, 0.25) is 5.91 Å². The molecule has 0 radical (unpaired) electrons. The number of alkyl carbamates (subject to hydrolysis) is 1. The molecule has 224 valence electrons. The molecule has 2 aromatic carbocycles. The molecule has 0 aliphatic carbocycles. The molecule has 4 amide bonds. The number of nitrogens with zero attached hydrogens (tertiary/aromatic N) is 3. The first-order valence-corrected chi connectivity index (χ1v) is 14.2. The molecule has 12 heteroatoms. The summed E-state index contributed by atoms with van der Waals surface area (Å²) in [5.74, 6) is -0.404. The lowest BCUT2D eigenvalue weighted by molar-refractivity contribution is -0.127. The van der Waals surface area contributed by atoms with Gasteiger partial charge < -0.3 is 30.7 Å². The summed E-state index contributed by atoms with van der Waals surface area (Å²) in [6.07, 6.45) is 0.672. The van der Waals surface area contributed by atoms with Crippen LogP contribution in [-0.2, 0) is 29.0 Å². The van der Waals surface area contributed by atoms with Gasteiger partial charge in [-0.05, 0) is 36.3 Å². The quantitative estimate of drug-likeness (QED) is 0.196. The molecule has 0 unspecified atom stereocenters. The summed E-state index contributed by atoms with van der Waals surface area (Å²) < 4.78 is 5.31. The Morgan fingerprint density at radius 3 is 2.26 bits per heavy atom. The lowest BCUT2D eigenvalue weighted by atomic mass is 9.93. The molecule has 0 spiro atoms. The van der Waals surface area contributed by atoms with E-state index >= 15 is 0 Å². The van der Waals surface area contributed by atoms with Crippen LogP contribution < -0.4 is 16.0 Å². The maximum Gasteiger partial charge on any atom is 0.407 e. The van der Waals surface area contributed by atoms with Crippen molar-refractivity contribution in [3.05, 3.63) is 83.7 Å². The van der Waals surface area contributed by atoms with Crippen LogP contribution in [0.25, 0.3) is 0 Å². The van der Waals surface area contributed by atoms with Crippen LogP contribution in [0.4, 0.5) is 9.59 Å².